The molecule has 0 radical (unpaired) electrons. The summed E-state index contributed by atoms with van der Waals surface area (Å²) in [7, 11) is 5.80. The Balaban J connectivity index is 2.76. The Hall–Kier alpha value is -1.35. The molecule has 0 fully saturated rings. The van der Waals surface area contributed by atoms with E-state index < -0.39 is 0 Å². The normalized spacial score (nSPS) is 10.6. The number of aryl methyl sites for hydroxylation is 1. The molecular weight excluding hydrogens is 214 g/mol. The fourth-order valence-electron chi connectivity index (χ4n) is 1.75. The first-order valence-corrected chi connectivity index (χ1v) is 5.91. The van der Waals surface area contributed by atoms with Gasteiger partial charge in [-0.15, -0.1) is 0 Å². The zero-order valence-electron chi connectivity index (χ0n) is 10.9. The summed E-state index contributed by atoms with van der Waals surface area (Å²) in [5.41, 5.74) is 2.41. The molecule has 3 nitrogen and oxygen atoms in total. The zero-order chi connectivity index (χ0) is 12.7. The van der Waals surface area contributed by atoms with Gasteiger partial charge < -0.3 is 14.4 Å². The van der Waals surface area contributed by atoms with Crippen molar-refractivity contribution < 1.29 is 9.53 Å². The van der Waals surface area contributed by atoms with Gasteiger partial charge in [0, 0.05) is 13.0 Å². The van der Waals surface area contributed by atoms with Gasteiger partial charge in [0.25, 0.3) is 0 Å². The van der Waals surface area contributed by atoms with Gasteiger partial charge >= 0.3 is 0 Å². The highest BCUT2D eigenvalue weighted by Gasteiger charge is 2.04. The van der Waals surface area contributed by atoms with Crippen molar-refractivity contribution in [3.8, 4) is 5.75 Å². The Bertz CT molecular complexity index is 361. The minimum Gasteiger partial charge on any atom is -0.496 e. The molecule has 1 aromatic rings. The maximum Gasteiger partial charge on any atom is 0.122 e. The van der Waals surface area contributed by atoms with E-state index in [-0.39, 0.29) is 0 Å². The molecule has 0 amide bonds. The number of nitrogens with zero attached hydrogens (tertiary/aromatic N) is 1. The molecule has 0 heterocycles. The standard InChI is InChI=1S/C14H21NO2/c1-15(2)9-8-12-6-7-14(17-3)13(11-12)5-4-10-16/h6-7,10-11H,4-5,8-9H2,1-3H3. The lowest BCUT2D eigenvalue weighted by molar-refractivity contribution is -0.107. The van der Waals surface area contributed by atoms with Crippen LogP contribution in [0.3, 0.4) is 0 Å². The molecule has 1 aromatic carbocycles. The smallest absolute Gasteiger partial charge is 0.122 e. The third kappa shape index (κ3) is 4.57. The zero-order valence-corrected chi connectivity index (χ0v) is 10.9. The number of benzene rings is 1. The van der Waals surface area contributed by atoms with E-state index in [2.05, 4.69) is 31.1 Å². The van der Waals surface area contributed by atoms with E-state index in [1.54, 1.807) is 7.11 Å². The number of ether oxygens (including phenoxy) is 1. The van der Waals surface area contributed by atoms with Gasteiger partial charge in [0.05, 0.1) is 7.11 Å². The summed E-state index contributed by atoms with van der Waals surface area (Å²) in [6.45, 7) is 1.03. The van der Waals surface area contributed by atoms with E-state index in [0.717, 1.165) is 37.0 Å². The second-order valence-corrected chi connectivity index (χ2v) is 4.40. The Kier molecular flexibility index (Phi) is 5.70. The monoisotopic (exact) mass is 235 g/mol. The van der Waals surface area contributed by atoms with Crippen LogP contribution >= 0.6 is 0 Å². The minimum atomic E-state index is 0.549. The number of carbonyl (C=O) groups is 1. The fourth-order valence-corrected chi connectivity index (χ4v) is 1.75. The second kappa shape index (κ2) is 7.07. The maximum atomic E-state index is 10.4. The van der Waals surface area contributed by atoms with E-state index in [1.165, 1.54) is 5.56 Å². The van der Waals surface area contributed by atoms with Crippen LogP contribution in [-0.2, 0) is 17.6 Å². The van der Waals surface area contributed by atoms with Crippen molar-refractivity contribution in [2.75, 3.05) is 27.7 Å². The Morgan fingerprint density at radius 1 is 1.29 bits per heavy atom. The van der Waals surface area contributed by atoms with Gasteiger partial charge in [-0.3, -0.25) is 0 Å². The molecule has 17 heavy (non-hydrogen) atoms. The van der Waals surface area contributed by atoms with Crippen molar-refractivity contribution in [2.24, 2.45) is 0 Å². The number of hydrogen-bond donors (Lipinski definition) is 0. The van der Waals surface area contributed by atoms with Crippen LogP contribution < -0.4 is 4.74 Å². The van der Waals surface area contributed by atoms with Crippen molar-refractivity contribution in [1.29, 1.82) is 0 Å². The quantitative estimate of drug-likeness (QED) is 0.676. The molecule has 3 heteroatoms. The lowest BCUT2D eigenvalue weighted by Gasteiger charge is -2.12. The molecule has 0 aliphatic carbocycles. The summed E-state index contributed by atoms with van der Waals surface area (Å²) < 4.78 is 5.30. The number of rotatable bonds is 7. The van der Waals surface area contributed by atoms with Gasteiger partial charge in [-0.2, -0.15) is 0 Å². The second-order valence-electron chi connectivity index (χ2n) is 4.40. The first-order chi connectivity index (χ1) is 8.17. The van der Waals surface area contributed by atoms with Gasteiger partial charge in [-0.05, 0) is 44.1 Å². The van der Waals surface area contributed by atoms with Crippen LogP contribution in [0.15, 0.2) is 18.2 Å². The molecule has 0 N–H and O–H groups in total. The number of methoxy groups -OCH3 is 1. The van der Waals surface area contributed by atoms with Crippen LogP contribution in [0.25, 0.3) is 0 Å². The number of likely N-dealkylation sites (N-methyl/N-ethyl adjacent to an activating group) is 1. The average Bonchev–Trinajstić information content (AvgIpc) is 2.33. The van der Waals surface area contributed by atoms with Crippen LogP contribution in [-0.4, -0.2) is 38.9 Å². The first kappa shape index (κ1) is 13.7. The summed E-state index contributed by atoms with van der Waals surface area (Å²) in [6.07, 6.45) is 3.27. The fraction of sp³-hybridized carbons (Fsp3) is 0.500. The topological polar surface area (TPSA) is 29.5 Å². The number of hydrogen-bond acceptors (Lipinski definition) is 3. The van der Waals surface area contributed by atoms with Crippen LogP contribution in [0.1, 0.15) is 17.5 Å². The summed E-state index contributed by atoms with van der Waals surface area (Å²) >= 11 is 0. The third-order valence-electron chi connectivity index (χ3n) is 2.72. The third-order valence-corrected chi connectivity index (χ3v) is 2.72. The van der Waals surface area contributed by atoms with Gasteiger partial charge in [0.2, 0.25) is 0 Å². The van der Waals surface area contributed by atoms with Crippen molar-refractivity contribution in [3.05, 3.63) is 29.3 Å². The van der Waals surface area contributed by atoms with Crippen molar-refractivity contribution in [3.63, 3.8) is 0 Å². The molecule has 0 atom stereocenters. The molecule has 0 saturated heterocycles. The number of aldehydes is 1. The highest BCUT2D eigenvalue weighted by molar-refractivity contribution is 5.51. The first-order valence-electron chi connectivity index (χ1n) is 5.91. The van der Waals surface area contributed by atoms with Crippen molar-refractivity contribution in [1.82, 2.24) is 4.90 Å². The lowest BCUT2D eigenvalue weighted by atomic mass is 10.0. The van der Waals surface area contributed by atoms with E-state index >= 15 is 0 Å². The summed E-state index contributed by atoms with van der Waals surface area (Å²) in [6, 6.07) is 6.23. The molecule has 94 valence electrons. The predicted octanol–water partition coefficient (Wildman–Crippen LogP) is 1.93. The van der Waals surface area contributed by atoms with E-state index in [1.807, 2.05) is 6.07 Å². The van der Waals surface area contributed by atoms with Crippen LogP contribution in [0.5, 0.6) is 5.75 Å². The van der Waals surface area contributed by atoms with Crippen molar-refractivity contribution in [2.45, 2.75) is 19.3 Å². The highest BCUT2D eigenvalue weighted by Crippen LogP contribution is 2.21. The maximum absolute atomic E-state index is 10.4. The van der Waals surface area contributed by atoms with Crippen LogP contribution in [0.4, 0.5) is 0 Å². The Labute approximate surface area is 103 Å². The van der Waals surface area contributed by atoms with Crippen LogP contribution in [0.2, 0.25) is 0 Å². The largest absolute Gasteiger partial charge is 0.496 e. The predicted molar refractivity (Wildman–Crippen MR) is 69.6 cm³/mol. The Morgan fingerprint density at radius 2 is 2.06 bits per heavy atom. The average molecular weight is 235 g/mol. The van der Waals surface area contributed by atoms with Gasteiger partial charge in [0.1, 0.15) is 12.0 Å². The molecule has 0 aromatic heterocycles. The Morgan fingerprint density at radius 3 is 2.65 bits per heavy atom. The molecule has 0 aliphatic heterocycles. The SMILES string of the molecule is COc1ccc(CCN(C)C)cc1CCC=O. The van der Waals surface area contributed by atoms with E-state index in [0.29, 0.717) is 6.42 Å². The lowest BCUT2D eigenvalue weighted by Crippen LogP contribution is -2.15. The summed E-state index contributed by atoms with van der Waals surface area (Å²) in [4.78, 5) is 12.6. The molecule has 0 spiro atoms. The van der Waals surface area contributed by atoms with E-state index in [9.17, 15) is 4.79 Å². The minimum absolute atomic E-state index is 0.549. The molecular formula is C14H21NO2. The summed E-state index contributed by atoms with van der Waals surface area (Å²) in [5, 5.41) is 0. The van der Waals surface area contributed by atoms with Gasteiger partial charge in [-0.1, -0.05) is 12.1 Å². The molecule has 1 rings (SSSR count). The van der Waals surface area contributed by atoms with Gasteiger partial charge in [0.15, 0.2) is 0 Å². The van der Waals surface area contributed by atoms with Crippen LogP contribution in [0, 0.1) is 0 Å². The number of carbonyl (C=O) groups excluding carboxylic acids is 1. The highest BCUT2D eigenvalue weighted by atomic mass is 16.5. The van der Waals surface area contributed by atoms with Gasteiger partial charge in [-0.25, -0.2) is 0 Å². The summed E-state index contributed by atoms with van der Waals surface area (Å²) in [5.74, 6) is 0.875. The molecule has 0 saturated carbocycles. The van der Waals surface area contributed by atoms with Crippen molar-refractivity contribution >= 4 is 6.29 Å². The molecule has 0 bridgehead atoms. The molecule has 0 unspecified atom stereocenters. The van der Waals surface area contributed by atoms with E-state index in [4.69, 9.17) is 4.74 Å². The molecule has 0 aliphatic rings.